The Morgan fingerprint density at radius 1 is 0.629 bits per heavy atom. The van der Waals surface area contributed by atoms with Crippen LogP contribution in [0.15, 0.2) is 60.7 Å². The van der Waals surface area contributed by atoms with Gasteiger partial charge >= 0.3 is 5.97 Å². The topological polar surface area (TPSA) is 304 Å². The van der Waals surface area contributed by atoms with E-state index in [1.807, 2.05) is 20.1 Å². The summed E-state index contributed by atoms with van der Waals surface area (Å²) < 4.78 is 0. The molecular weight excluding hydrogens is 825 g/mol. The van der Waals surface area contributed by atoms with Crippen molar-refractivity contribution in [2.75, 3.05) is 18.6 Å². The number of hydrogen-bond donors (Lipinski definition) is 10. The van der Waals surface area contributed by atoms with Crippen molar-refractivity contribution >= 4 is 65.5 Å². The maximum absolute atomic E-state index is 13.9. The number of benzene rings is 2. The zero-order chi connectivity index (χ0) is 46.4. The second-order valence-electron chi connectivity index (χ2n) is 15.4. The number of hydrogen-bond acceptors (Lipinski definition) is 11. The van der Waals surface area contributed by atoms with Gasteiger partial charge < -0.3 is 53.2 Å². The zero-order valence-corrected chi connectivity index (χ0v) is 36.4. The Hall–Kier alpha value is -6.02. The lowest BCUT2D eigenvalue weighted by Crippen LogP contribution is -2.61. The molecule has 0 aliphatic rings. The van der Waals surface area contributed by atoms with Crippen LogP contribution in [0.4, 0.5) is 0 Å². The first kappa shape index (κ1) is 52.1. The molecule has 0 saturated carbocycles. The van der Waals surface area contributed by atoms with Crippen LogP contribution in [0.25, 0.3) is 0 Å². The average Bonchev–Trinajstić information content (AvgIpc) is 3.22. The number of amides is 8. The molecule has 2 aromatic rings. The molecule has 0 aliphatic carbocycles. The number of aliphatic carboxylic acids is 1. The van der Waals surface area contributed by atoms with E-state index in [2.05, 4.69) is 37.2 Å². The number of nitrogens with one attached hydrogen (secondary N) is 7. The van der Waals surface area contributed by atoms with Gasteiger partial charge in [0.05, 0.1) is 13.0 Å². The first-order chi connectivity index (χ1) is 29.4. The molecule has 8 amide bonds. The maximum atomic E-state index is 13.9. The summed E-state index contributed by atoms with van der Waals surface area (Å²) >= 11 is 1.47. The molecule has 0 aromatic heterocycles. The standard InChI is InChI=1S/C42H60N8O11S/c1-24(2)18-29(45-37(55)30(19-26-12-8-6-9-13-26)46-36(54)28(44-23-52)16-17-62-5)39(57)50-35(25(3)4)41(59)47-31(21-34(43)53)38(56)49-33(22-51)40(58)48-32(42(60)61)20-27-14-10-7-11-15-27/h6-15,23-25,28-33,35,51H,16-22H2,1-5H3,(H2,43,53)(H,44,52)(H,45,55)(H,46,54)(H,47,59)(H,48,58)(H,49,56)(H,50,57)(H,60,61)/t28-,29-,30-,31-,32-,33-,35-/m0/s1. The predicted octanol–water partition coefficient (Wildman–Crippen LogP) is -1.10. The minimum atomic E-state index is -1.71. The Morgan fingerprint density at radius 2 is 1.08 bits per heavy atom. The highest BCUT2D eigenvalue weighted by atomic mass is 32.2. The van der Waals surface area contributed by atoms with Gasteiger partial charge in [0.1, 0.15) is 42.3 Å². The van der Waals surface area contributed by atoms with Gasteiger partial charge in [0, 0.05) is 12.8 Å². The number of carboxylic acid groups (broad SMARTS) is 1. The number of thioether (sulfide) groups is 1. The summed E-state index contributed by atoms with van der Waals surface area (Å²) in [4.78, 5) is 117. The summed E-state index contributed by atoms with van der Waals surface area (Å²) in [6, 6.07) is 7.72. The molecule has 19 nitrogen and oxygen atoms in total. The van der Waals surface area contributed by atoms with E-state index in [4.69, 9.17) is 5.73 Å². The smallest absolute Gasteiger partial charge is 0.326 e. The largest absolute Gasteiger partial charge is 0.480 e. The van der Waals surface area contributed by atoms with E-state index >= 15 is 0 Å². The second-order valence-corrected chi connectivity index (χ2v) is 16.3. The molecule has 11 N–H and O–H groups in total. The fourth-order valence-corrected chi connectivity index (χ4v) is 6.64. The number of aliphatic hydroxyl groups is 1. The molecule has 0 spiro atoms. The van der Waals surface area contributed by atoms with Crippen LogP contribution >= 0.6 is 11.8 Å². The average molecular weight is 885 g/mol. The highest BCUT2D eigenvalue weighted by Gasteiger charge is 2.35. The van der Waals surface area contributed by atoms with Gasteiger partial charge in [-0.15, -0.1) is 0 Å². The van der Waals surface area contributed by atoms with Crippen molar-refractivity contribution in [2.24, 2.45) is 17.6 Å². The normalized spacial score (nSPS) is 14.4. The number of rotatable bonds is 28. The molecule has 20 heteroatoms. The summed E-state index contributed by atoms with van der Waals surface area (Å²) in [5.41, 5.74) is 6.68. The molecule has 0 saturated heterocycles. The quantitative estimate of drug-likeness (QED) is 0.0456. The summed E-state index contributed by atoms with van der Waals surface area (Å²) in [6.07, 6.45) is 1.82. The van der Waals surface area contributed by atoms with Gasteiger partial charge in [0.2, 0.25) is 47.8 Å². The van der Waals surface area contributed by atoms with Crippen LogP contribution in [-0.4, -0.2) is 125 Å². The molecule has 0 radical (unpaired) electrons. The first-order valence-corrected chi connectivity index (χ1v) is 21.5. The minimum absolute atomic E-state index is 0.0394. The van der Waals surface area contributed by atoms with E-state index in [9.17, 15) is 53.4 Å². The fraction of sp³-hybridized carbons (Fsp3) is 0.500. The molecule has 0 fully saturated rings. The van der Waals surface area contributed by atoms with Gasteiger partial charge in [-0.2, -0.15) is 11.8 Å². The molecule has 2 aromatic carbocycles. The van der Waals surface area contributed by atoms with Crippen molar-refractivity contribution in [1.29, 1.82) is 0 Å². The van der Waals surface area contributed by atoms with Crippen molar-refractivity contribution in [2.45, 2.75) is 102 Å². The van der Waals surface area contributed by atoms with Gasteiger partial charge in [-0.3, -0.25) is 38.4 Å². The lowest BCUT2D eigenvalue weighted by atomic mass is 9.98. The van der Waals surface area contributed by atoms with Crippen LogP contribution in [0.1, 0.15) is 58.1 Å². The third-order valence-electron chi connectivity index (χ3n) is 9.45. The third-order valence-corrected chi connectivity index (χ3v) is 10.1. The first-order valence-electron chi connectivity index (χ1n) is 20.1. The Labute approximate surface area is 365 Å². The van der Waals surface area contributed by atoms with Gasteiger partial charge in [0.25, 0.3) is 0 Å². The fourth-order valence-electron chi connectivity index (χ4n) is 6.16. The minimum Gasteiger partial charge on any atom is -0.480 e. The Bertz CT molecular complexity index is 1820. The number of nitrogens with two attached hydrogens (primary N) is 1. The second kappa shape index (κ2) is 27.0. The SMILES string of the molecule is CSCC[C@H](NC=O)C(=O)N[C@@H](Cc1ccccc1)C(=O)N[C@@H](CC(C)C)C(=O)N[C@H](C(=O)N[C@@H](CC(N)=O)C(=O)N[C@@H](CO)C(=O)N[C@@H](Cc1ccccc1)C(=O)O)C(C)C. The molecule has 0 bridgehead atoms. The molecule has 7 atom stereocenters. The van der Waals surface area contributed by atoms with Crippen molar-refractivity contribution in [3.63, 3.8) is 0 Å². The maximum Gasteiger partial charge on any atom is 0.326 e. The van der Waals surface area contributed by atoms with Crippen LogP contribution in [0.2, 0.25) is 0 Å². The van der Waals surface area contributed by atoms with E-state index in [1.165, 1.54) is 11.8 Å². The predicted molar refractivity (Wildman–Crippen MR) is 231 cm³/mol. The Kier molecular flexibility index (Phi) is 22.7. The van der Waals surface area contributed by atoms with E-state index in [-0.39, 0.29) is 25.2 Å². The highest BCUT2D eigenvalue weighted by Crippen LogP contribution is 2.12. The van der Waals surface area contributed by atoms with Crippen molar-refractivity contribution in [1.82, 2.24) is 37.2 Å². The van der Waals surface area contributed by atoms with E-state index < -0.39 is 109 Å². The molecule has 62 heavy (non-hydrogen) atoms. The molecule has 0 unspecified atom stereocenters. The Balaban J connectivity index is 2.28. The van der Waals surface area contributed by atoms with Gasteiger partial charge in [0.15, 0.2) is 0 Å². The Morgan fingerprint density at radius 3 is 1.56 bits per heavy atom. The molecule has 0 heterocycles. The summed E-state index contributed by atoms with van der Waals surface area (Å²) in [5, 5.41) is 37.1. The zero-order valence-electron chi connectivity index (χ0n) is 35.6. The molecule has 340 valence electrons. The highest BCUT2D eigenvalue weighted by molar-refractivity contribution is 7.98. The molecule has 2 rings (SSSR count). The molecule has 0 aliphatic heterocycles. The van der Waals surface area contributed by atoms with E-state index in [0.717, 1.165) is 0 Å². The van der Waals surface area contributed by atoms with E-state index in [1.54, 1.807) is 74.5 Å². The number of carbonyl (C=O) groups is 9. The number of aliphatic hydroxyl groups excluding tert-OH is 1. The van der Waals surface area contributed by atoms with Crippen molar-refractivity contribution < 1.29 is 53.4 Å². The lowest BCUT2D eigenvalue weighted by Gasteiger charge is -2.29. The number of primary amides is 1. The van der Waals surface area contributed by atoms with Crippen LogP contribution in [-0.2, 0) is 56.0 Å². The molecular formula is C42H60N8O11S. The summed E-state index contributed by atoms with van der Waals surface area (Å²) in [5.74, 6) is -7.83. The van der Waals surface area contributed by atoms with Crippen LogP contribution in [0.5, 0.6) is 0 Å². The summed E-state index contributed by atoms with van der Waals surface area (Å²) in [6.45, 7) is 5.82. The lowest BCUT2D eigenvalue weighted by molar-refractivity contribution is -0.142. The third kappa shape index (κ3) is 18.3. The summed E-state index contributed by atoms with van der Waals surface area (Å²) in [7, 11) is 0. The van der Waals surface area contributed by atoms with E-state index in [0.29, 0.717) is 29.7 Å². The van der Waals surface area contributed by atoms with Crippen molar-refractivity contribution in [3.05, 3.63) is 71.8 Å². The van der Waals surface area contributed by atoms with Crippen LogP contribution in [0, 0.1) is 11.8 Å². The van der Waals surface area contributed by atoms with Gasteiger partial charge in [-0.1, -0.05) is 88.4 Å². The number of carboxylic acids is 1. The van der Waals surface area contributed by atoms with Gasteiger partial charge in [-0.05, 0) is 47.8 Å². The van der Waals surface area contributed by atoms with Gasteiger partial charge in [-0.25, -0.2) is 4.79 Å². The monoisotopic (exact) mass is 884 g/mol. The van der Waals surface area contributed by atoms with Crippen molar-refractivity contribution in [3.8, 4) is 0 Å². The van der Waals surface area contributed by atoms with Crippen LogP contribution < -0.4 is 43.0 Å². The number of carbonyl (C=O) groups excluding carboxylic acids is 8. The van der Waals surface area contributed by atoms with Crippen LogP contribution in [0.3, 0.4) is 0 Å².